The number of carbonyl (C=O) groups excluding carboxylic acids is 1. The number of hydrogen-bond acceptors (Lipinski definition) is 1. The van der Waals surface area contributed by atoms with Crippen LogP contribution in [0.2, 0.25) is 0 Å². The molecule has 0 unspecified atom stereocenters. The van der Waals surface area contributed by atoms with E-state index in [0.29, 0.717) is 5.92 Å². The highest BCUT2D eigenvalue weighted by molar-refractivity contribution is 5.94. The Morgan fingerprint density at radius 2 is 1.79 bits per heavy atom. The van der Waals surface area contributed by atoms with Crippen molar-refractivity contribution in [3.8, 4) is 0 Å². The van der Waals surface area contributed by atoms with Gasteiger partial charge in [-0.2, -0.15) is 0 Å². The molecule has 0 bridgehead atoms. The molecule has 1 nitrogen and oxygen atoms in total. The van der Waals surface area contributed by atoms with E-state index in [4.69, 9.17) is 0 Å². The Bertz CT molecular complexity index is 595. The molecule has 0 saturated carbocycles. The summed E-state index contributed by atoms with van der Waals surface area (Å²) in [5, 5.41) is 0. The fraction of sp³-hybridized carbons (Fsp3) is 0.278. The van der Waals surface area contributed by atoms with Crippen LogP contribution in [0.15, 0.2) is 48.5 Å². The molecule has 0 spiro atoms. The lowest BCUT2D eigenvalue weighted by Gasteiger charge is -2.26. The summed E-state index contributed by atoms with van der Waals surface area (Å²) in [6.07, 6.45) is 3.64. The first-order chi connectivity index (χ1) is 9.25. The van der Waals surface area contributed by atoms with Gasteiger partial charge < -0.3 is 0 Å². The van der Waals surface area contributed by atoms with E-state index in [0.717, 1.165) is 5.56 Å². The van der Waals surface area contributed by atoms with Crippen LogP contribution >= 0.6 is 0 Å². The second kappa shape index (κ2) is 5.00. The van der Waals surface area contributed by atoms with Crippen LogP contribution in [0.25, 0.3) is 0 Å². The zero-order valence-electron chi connectivity index (χ0n) is 11.2. The zero-order chi connectivity index (χ0) is 13.2. The lowest BCUT2D eigenvalue weighted by molar-refractivity contribution is 0.101. The van der Waals surface area contributed by atoms with Gasteiger partial charge in [0.25, 0.3) is 0 Å². The molecule has 1 atom stereocenters. The van der Waals surface area contributed by atoms with Crippen LogP contribution in [-0.2, 0) is 6.42 Å². The van der Waals surface area contributed by atoms with Gasteiger partial charge in [-0.3, -0.25) is 4.79 Å². The molecule has 1 heteroatoms. The smallest absolute Gasteiger partial charge is 0.159 e. The van der Waals surface area contributed by atoms with Gasteiger partial charge >= 0.3 is 0 Å². The van der Waals surface area contributed by atoms with Gasteiger partial charge in [-0.05, 0) is 42.9 Å². The summed E-state index contributed by atoms with van der Waals surface area (Å²) >= 11 is 0. The Kier molecular flexibility index (Phi) is 3.20. The first kappa shape index (κ1) is 12.2. The van der Waals surface area contributed by atoms with E-state index >= 15 is 0 Å². The van der Waals surface area contributed by atoms with Crippen molar-refractivity contribution < 1.29 is 4.79 Å². The number of ketones is 1. The van der Waals surface area contributed by atoms with Crippen molar-refractivity contribution in [2.45, 2.75) is 32.1 Å². The van der Waals surface area contributed by atoms with Crippen LogP contribution in [0, 0.1) is 0 Å². The average Bonchev–Trinajstić information content (AvgIpc) is 2.47. The molecule has 0 heterocycles. The van der Waals surface area contributed by atoms with E-state index in [-0.39, 0.29) is 5.78 Å². The third-order valence-electron chi connectivity index (χ3n) is 4.09. The molecule has 0 saturated heterocycles. The fourth-order valence-corrected chi connectivity index (χ4v) is 3.05. The number of rotatable bonds is 2. The van der Waals surface area contributed by atoms with Crippen LogP contribution in [0.4, 0.5) is 0 Å². The molecule has 1 aliphatic rings. The summed E-state index contributed by atoms with van der Waals surface area (Å²) in [4.78, 5) is 11.3. The topological polar surface area (TPSA) is 17.1 Å². The third kappa shape index (κ3) is 2.33. The van der Waals surface area contributed by atoms with Crippen LogP contribution in [0.5, 0.6) is 0 Å². The van der Waals surface area contributed by atoms with Crippen molar-refractivity contribution in [2.24, 2.45) is 0 Å². The van der Waals surface area contributed by atoms with E-state index in [1.165, 1.54) is 36.0 Å². The minimum absolute atomic E-state index is 0.135. The number of hydrogen-bond donors (Lipinski definition) is 0. The second-order valence-corrected chi connectivity index (χ2v) is 5.32. The lowest BCUT2D eigenvalue weighted by atomic mass is 9.79. The molecule has 0 aromatic heterocycles. The number of Topliss-reactive ketones (excluding diaryl/α,β-unsaturated/α-hetero) is 1. The van der Waals surface area contributed by atoms with E-state index in [2.05, 4.69) is 36.4 Å². The normalized spacial score (nSPS) is 17.8. The van der Waals surface area contributed by atoms with Gasteiger partial charge in [-0.25, -0.2) is 0 Å². The highest BCUT2D eigenvalue weighted by Crippen LogP contribution is 2.36. The molecule has 2 aromatic carbocycles. The van der Waals surface area contributed by atoms with Gasteiger partial charge in [0.15, 0.2) is 5.78 Å². The summed E-state index contributed by atoms with van der Waals surface area (Å²) in [7, 11) is 0. The van der Waals surface area contributed by atoms with Gasteiger partial charge in [0, 0.05) is 11.5 Å². The Labute approximate surface area is 114 Å². The van der Waals surface area contributed by atoms with E-state index in [1.807, 2.05) is 12.1 Å². The number of benzene rings is 2. The summed E-state index contributed by atoms with van der Waals surface area (Å²) in [6.45, 7) is 1.62. The van der Waals surface area contributed by atoms with Gasteiger partial charge in [0.05, 0.1) is 0 Å². The van der Waals surface area contributed by atoms with Gasteiger partial charge in [-0.15, -0.1) is 0 Å². The zero-order valence-corrected chi connectivity index (χ0v) is 11.2. The van der Waals surface area contributed by atoms with E-state index in [1.54, 1.807) is 6.92 Å². The Morgan fingerprint density at radius 1 is 1.05 bits per heavy atom. The minimum Gasteiger partial charge on any atom is -0.295 e. The van der Waals surface area contributed by atoms with Crippen LogP contribution in [-0.4, -0.2) is 5.78 Å². The fourth-order valence-electron chi connectivity index (χ4n) is 3.05. The van der Waals surface area contributed by atoms with Gasteiger partial charge in [0.1, 0.15) is 0 Å². The van der Waals surface area contributed by atoms with Crippen molar-refractivity contribution in [2.75, 3.05) is 0 Å². The average molecular weight is 250 g/mol. The minimum atomic E-state index is 0.135. The number of fused-ring (bicyclic) bond motifs is 1. The molecule has 0 amide bonds. The molecule has 0 fully saturated rings. The number of aryl methyl sites for hydroxylation is 1. The Hall–Kier alpha value is -1.89. The molecule has 19 heavy (non-hydrogen) atoms. The Balaban J connectivity index is 1.97. The predicted molar refractivity (Wildman–Crippen MR) is 77.7 cm³/mol. The van der Waals surface area contributed by atoms with Gasteiger partial charge in [-0.1, -0.05) is 48.5 Å². The van der Waals surface area contributed by atoms with Crippen molar-refractivity contribution in [1.29, 1.82) is 0 Å². The first-order valence-electron chi connectivity index (χ1n) is 6.94. The molecule has 3 rings (SSSR count). The molecular formula is C18H18O. The van der Waals surface area contributed by atoms with Crippen molar-refractivity contribution in [3.05, 3.63) is 70.8 Å². The standard InChI is InChI=1S/C18H18O/c1-13(19)14-9-11-16(12-10-14)18-8-4-6-15-5-2-3-7-17(15)18/h2-3,5,7,9-12,18H,4,6,8H2,1H3/t18-/m1/s1. The van der Waals surface area contributed by atoms with Crippen LogP contribution < -0.4 is 0 Å². The van der Waals surface area contributed by atoms with Crippen molar-refractivity contribution in [1.82, 2.24) is 0 Å². The summed E-state index contributed by atoms with van der Waals surface area (Å²) in [5.74, 6) is 0.626. The lowest BCUT2D eigenvalue weighted by Crippen LogP contribution is -2.11. The van der Waals surface area contributed by atoms with E-state index in [9.17, 15) is 4.79 Å². The maximum atomic E-state index is 11.3. The van der Waals surface area contributed by atoms with Crippen molar-refractivity contribution >= 4 is 5.78 Å². The molecular weight excluding hydrogens is 232 g/mol. The SMILES string of the molecule is CC(=O)c1ccc([C@H]2CCCc3ccccc32)cc1. The Morgan fingerprint density at radius 3 is 2.53 bits per heavy atom. The summed E-state index contributed by atoms with van der Waals surface area (Å²) in [5.41, 5.74) is 5.07. The summed E-state index contributed by atoms with van der Waals surface area (Å²) in [6, 6.07) is 16.9. The number of carbonyl (C=O) groups is 1. The second-order valence-electron chi connectivity index (χ2n) is 5.32. The maximum Gasteiger partial charge on any atom is 0.159 e. The molecule has 1 aliphatic carbocycles. The molecule has 0 aliphatic heterocycles. The quantitative estimate of drug-likeness (QED) is 0.724. The van der Waals surface area contributed by atoms with Crippen molar-refractivity contribution in [3.63, 3.8) is 0 Å². The molecule has 0 N–H and O–H groups in total. The highest BCUT2D eigenvalue weighted by atomic mass is 16.1. The third-order valence-corrected chi connectivity index (χ3v) is 4.09. The first-order valence-corrected chi connectivity index (χ1v) is 6.94. The molecule has 0 radical (unpaired) electrons. The van der Waals surface area contributed by atoms with Crippen LogP contribution in [0.3, 0.4) is 0 Å². The molecule has 2 aromatic rings. The summed E-state index contributed by atoms with van der Waals surface area (Å²) < 4.78 is 0. The van der Waals surface area contributed by atoms with Crippen LogP contribution in [0.1, 0.15) is 52.7 Å². The van der Waals surface area contributed by atoms with E-state index < -0.39 is 0 Å². The largest absolute Gasteiger partial charge is 0.295 e. The monoisotopic (exact) mass is 250 g/mol. The van der Waals surface area contributed by atoms with Gasteiger partial charge in [0.2, 0.25) is 0 Å². The highest BCUT2D eigenvalue weighted by Gasteiger charge is 2.21. The maximum absolute atomic E-state index is 11.3. The predicted octanol–water partition coefficient (Wildman–Crippen LogP) is 4.36. The molecule has 96 valence electrons.